The summed E-state index contributed by atoms with van der Waals surface area (Å²) in [6.07, 6.45) is 1.93. The molecule has 1 aromatic carbocycles. The lowest BCUT2D eigenvalue weighted by Crippen LogP contribution is -2.22. The molecule has 118 valence electrons. The quantitative estimate of drug-likeness (QED) is 0.720. The SMILES string of the molecule is CCC[C@H](C[C@@H](O)CC(C)=O)OCc1ccc(OC)cc1. The molecule has 0 unspecified atom stereocenters. The summed E-state index contributed by atoms with van der Waals surface area (Å²) in [7, 11) is 1.64. The summed E-state index contributed by atoms with van der Waals surface area (Å²) >= 11 is 0. The summed E-state index contributed by atoms with van der Waals surface area (Å²) in [6, 6.07) is 7.73. The second kappa shape index (κ2) is 9.53. The van der Waals surface area contributed by atoms with Crippen molar-refractivity contribution < 1.29 is 19.4 Å². The van der Waals surface area contributed by atoms with Crippen molar-refractivity contribution in [2.75, 3.05) is 7.11 Å². The van der Waals surface area contributed by atoms with E-state index in [2.05, 4.69) is 6.92 Å². The number of aliphatic hydroxyl groups excluding tert-OH is 1. The van der Waals surface area contributed by atoms with Crippen LogP contribution in [-0.2, 0) is 16.1 Å². The van der Waals surface area contributed by atoms with Crippen LogP contribution in [0.1, 0.15) is 45.1 Å². The van der Waals surface area contributed by atoms with Crippen molar-refractivity contribution in [3.8, 4) is 5.75 Å². The monoisotopic (exact) mass is 294 g/mol. The molecule has 0 spiro atoms. The van der Waals surface area contributed by atoms with Crippen LogP contribution in [0.5, 0.6) is 5.75 Å². The molecule has 0 aliphatic carbocycles. The maximum Gasteiger partial charge on any atom is 0.132 e. The zero-order chi connectivity index (χ0) is 15.7. The summed E-state index contributed by atoms with van der Waals surface area (Å²) in [5.74, 6) is 0.827. The van der Waals surface area contributed by atoms with E-state index in [-0.39, 0.29) is 18.3 Å². The van der Waals surface area contributed by atoms with Gasteiger partial charge in [-0.2, -0.15) is 0 Å². The molecule has 1 rings (SSSR count). The highest BCUT2D eigenvalue weighted by Gasteiger charge is 2.16. The van der Waals surface area contributed by atoms with Gasteiger partial charge in [-0.25, -0.2) is 0 Å². The summed E-state index contributed by atoms with van der Waals surface area (Å²) in [5, 5.41) is 9.86. The lowest BCUT2D eigenvalue weighted by atomic mass is 10.0. The fourth-order valence-electron chi connectivity index (χ4n) is 2.25. The minimum absolute atomic E-state index is 0.00732. The zero-order valence-corrected chi connectivity index (χ0v) is 13.2. The molecule has 1 N–H and O–H groups in total. The first kappa shape index (κ1) is 17.7. The van der Waals surface area contributed by atoms with Crippen LogP contribution in [0.25, 0.3) is 0 Å². The van der Waals surface area contributed by atoms with Crippen molar-refractivity contribution in [1.82, 2.24) is 0 Å². The molecule has 0 amide bonds. The number of rotatable bonds is 10. The predicted octanol–water partition coefficient (Wildman–Crippen LogP) is 3.11. The van der Waals surface area contributed by atoms with E-state index < -0.39 is 6.10 Å². The summed E-state index contributed by atoms with van der Waals surface area (Å²) in [5.41, 5.74) is 1.07. The Labute approximate surface area is 127 Å². The fraction of sp³-hybridized carbons (Fsp3) is 0.588. The number of methoxy groups -OCH3 is 1. The number of aliphatic hydroxyl groups is 1. The Kier molecular flexibility index (Phi) is 8.01. The van der Waals surface area contributed by atoms with E-state index in [1.165, 1.54) is 6.92 Å². The fourth-order valence-corrected chi connectivity index (χ4v) is 2.25. The van der Waals surface area contributed by atoms with E-state index in [1.54, 1.807) is 7.11 Å². The highest BCUT2D eigenvalue weighted by molar-refractivity contribution is 5.75. The van der Waals surface area contributed by atoms with Gasteiger partial charge in [0.05, 0.1) is 25.9 Å². The van der Waals surface area contributed by atoms with Crippen LogP contribution in [0.3, 0.4) is 0 Å². The van der Waals surface area contributed by atoms with Gasteiger partial charge in [0.15, 0.2) is 0 Å². The van der Waals surface area contributed by atoms with Crippen LogP contribution >= 0.6 is 0 Å². The van der Waals surface area contributed by atoms with Crippen LogP contribution in [0.2, 0.25) is 0 Å². The molecule has 0 saturated heterocycles. The third-order valence-electron chi connectivity index (χ3n) is 3.31. The Bertz CT molecular complexity index is 413. The number of carbonyl (C=O) groups excluding carboxylic acids is 1. The maximum atomic E-state index is 11.0. The molecular formula is C17H26O4. The van der Waals surface area contributed by atoms with E-state index in [0.717, 1.165) is 24.2 Å². The number of ether oxygens (including phenoxy) is 2. The lowest BCUT2D eigenvalue weighted by molar-refractivity contribution is -0.119. The molecule has 2 atom stereocenters. The Morgan fingerprint density at radius 2 is 1.95 bits per heavy atom. The predicted molar refractivity (Wildman–Crippen MR) is 82.4 cm³/mol. The normalized spacial score (nSPS) is 13.7. The summed E-state index contributed by atoms with van der Waals surface area (Å²) in [6.45, 7) is 4.08. The largest absolute Gasteiger partial charge is 0.497 e. The van der Waals surface area contributed by atoms with Crippen molar-refractivity contribution in [1.29, 1.82) is 0 Å². The van der Waals surface area contributed by atoms with E-state index in [1.807, 2.05) is 24.3 Å². The van der Waals surface area contributed by atoms with Crippen molar-refractivity contribution in [3.63, 3.8) is 0 Å². The number of hydrogen-bond donors (Lipinski definition) is 1. The molecule has 0 bridgehead atoms. The summed E-state index contributed by atoms with van der Waals surface area (Å²) < 4.78 is 11.0. The van der Waals surface area contributed by atoms with E-state index in [4.69, 9.17) is 9.47 Å². The minimum atomic E-state index is -0.616. The number of Topliss-reactive ketones (excluding diaryl/α,β-unsaturated/α-hetero) is 1. The molecular weight excluding hydrogens is 268 g/mol. The first-order valence-electron chi connectivity index (χ1n) is 7.47. The van der Waals surface area contributed by atoms with Gasteiger partial charge in [0.2, 0.25) is 0 Å². The Balaban J connectivity index is 2.47. The van der Waals surface area contributed by atoms with Gasteiger partial charge < -0.3 is 14.6 Å². The third kappa shape index (κ3) is 7.25. The second-order valence-electron chi connectivity index (χ2n) is 5.37. The van der Waals surface area contributed by atoms with Crippen molar-refractivity contribution in [3.05, 3.63) is 29.8 Å². The molecule has 0 fully saturated rings. The molecule has 0 saturated carbocycles. The van der Waals surface area contributed by atoms with E-state index in [9.17, 15) is 9.90 Å². The Hall–Kier alpha value is -1.39. The molecule has 1 aromatic rings. The highest BCUT2D eigenvalue weighted by atomic mass is 16.5. The van der Waals surface area contributed by atoms with Crippen LogP contribution in [0.4, 0.5) is 0 Å². The average Bonchev–Trinajstić information content (AvgIpc) is 2.44. The van der Waals surface area contributed by atoms with Gasteiger partial charge in [-0.05, 0) is 37.5 Å². The maximum absolute atomic E-state index is 11.0. The minimum Gasteiger partial charge on any atom is -0.497 e. The molecule has 0 aliphatic rings. The Morgan fingerprint density at radius 1 is 1.29 bits per heavy atom. The first-order valence-corrected chi connectivity index (χ1v) is 7.47. The summed E-state index contributed by atoms with van der Waals surface area (Å²) in [4.78, 5) is 11.0. The van der Waals surface area contributed by atoms with Gasteiger partial charge in [-0.15, -0.1) is 0 Å². The standard InChI is InChI=1S/C17H26O4/c1-4-5-17(11-15(19)10-13(2)18)21-12-14-6-8-16(20-3)9-7-14/h6-9,15,17,19H,4-5,10-12H2,1-3H3/t15-,17+/m0/s1. The van der Waals surface area contributed by atoms with Gasteiger partial charge >= 0.3 is 0 Å². The molecule has 21 heavy (non-hydrogen) atoms. The molecule has 0 radical (unpaired) electrons. The van der Waals surface area contributed by atoms with Gasteiger partial charge in [0.1, 0.15) is 11.5 Å². The average molecular weight is 294 g/mol. The number of carbonyl (C=O) groups is 1. The second-order valence-corrected chi connectivity index (χ2v) is 5.37. The molecule has 0 heterocycles. The van der Waals surface area contributed by atoms with Gasteiger partial charge in [0.25, 0.3) is 0 Å². The Morgan fingerprint density at radius 3 is 2.48 bits per heavy atom. The smallest absolute Gasteiger partial charge is 0.132 e. The van der Waals surface area contributed by atoms with Gasteiger partial charge in [-0.1, -0.05) is 25.5 Å². The highest BCUT2D eigenvalue weighted by Crippen LogP contribution is 2.16. The van der Waals surface area contributed by atoms with Crippen LogP contribution < -0.4 is 4.74 Å². The zero-order valence-electron chi connectivity index (χ0n) is 13.2. The van der Waals surface area contributed by atoms with E-state index in [0.29, 0.717) is 13.0 Å². The lowest BCUT2D eigenvalue weighted by Gasteiger charge is -2.20. The van der Waals surface area contributed by atoms with Crippen molar-refractivity contribution in [2.24, 2.45) is 0 Å². The molecule has 4 nitrogen and oxygen atoms in total. The van der Waals surface area contributed by atoms with E-state index >= 15 is 0 Å². The van der Waals surface area contributed by atoms with Crippen molar-refractivity contribution >= 4 is 5.78 Å². The van der Waals surface area contributed by atoms with Crippen molar-refractivity contribution in [2.45, 2.75) is 58.3 Å². The first-order chi connectivity index (χ1) is 10.0. The molecule has 4 heteroatoms. The van der Waals surface area contributed by atoms with Gasteiger partial charge in [0, 0.05) is 6.42 Å². The number of benzene rings is 1. The third-order valence-corrected chi connectivity index (χ3v) is 3.31. The van der Waals surface area contributed by atoms with Crippen LogP contribution in [-0.4, -0.2) is 30.2 Å². The van der Waals surface area contributed by atoms with Gasteiger partial charge in [-0.3, -0.25) is 4.79 Å². The van der Waals surface area contributed by atoms with Crippen LogP contribution in [0.15, 0.2) is 24.3 Å². The topological polar surface area (TPSA) is 55.8 Å². The molecule has 0 aromatic heterocycles. The molecule has 0 aliphatic heterocycles. The number of ketones is 1. The number of hydrogen-bond acceptors (Lipinski definition) is 4. The van der Waals surface area contributed by atoms with Crippen LogP contribution in [0, 0.1) is 0 Å².